The van der Waals surface area contributed by atoms with Gasteiger partial charge >= 0.3 is 0 Å². The average Bonchev–Trinajstić information content (AvgIpc) is 3.17. The topological polar surface area (TPSA) is 59.7 Å². The van der Waals surface area contributed by atoms with Crippen LogP contribution in [0.2, 0.25) is 25.1 Å². The van der Waals surface area contributed by atoms with Crippen molar-refractivity contribution < 1.29 is 19.1 Å². The zero-order valence-electron chi connectivity index (χ0n) is 14.4. The number of phenols is 1. The van der Waals surface area contributed by atoms with Crippen LogP contribution in [0.4, 0.5) is 0 Å². The first kappa shape index (κ1) is 21.9. The van der Waals surface area contributed by atoms with Gasteiger partial charge in [-0.05, 0) is 48.6 Å². The van der Waals surface area contributed by atoms with E-state index in [2.05, 4.69) is 0 Å². The first-order valence-corrected chi connectivity index (χ1v) is 9.91. The van der Waals surface area contributed by atoms with Gasteiger partial charge in [-0.25, -0.2) is 0 Å². The first-order valence-electron chi connectivity index (χ1n) is 8.02. The van der Waals surface area contributed by atoms with Crippen LogP contribution < -0.4 is 4.74 Å². The van der Waals surface area contributed by atoms with Crippen molar-refractivity contribution in [1.29, 1.82) is 0 Å². The van der Waals surface area contributed by atoms with Gasteiger partial charge in [0.15, 0.2) is 11.5 Å². The highest BCUT2D eigenvalue weighted by atomic mass is 35.5. The van der Waals surface area contributed by atoms with Gasteiger partial charge in [-0.2, -0.15) is 0 Å². The smallest absolute Gasteiger partial charge is 0.185 e. The monoisotopic (exact) mass is 490 g/mol. The number of ketones is 1. The van der Waals surface area contributed by atoms with Gasteiger partial charge in [0.1, 0.15) is 33.9 Å². The van der Waals surface area contributed by atoms with E-state index in [1.807, 2.05) is 0 Å². The summed E-state index contributed by atoms with van der Waals surface area (Å²) in [6.45, 7) is -0.00647. The van der Waals surface area contributed by atoms with Crippen LogP contribution in [0.3, 0.4) is 0 Å². The molecular formula is C20H11Cl5O4. The minimum absolute atomic E-state index is 0.00647. The second-order valence-corrected chi connectivity index (χ2v) is 7.63. The SMILES string of the molecule is O=C(/C=C/c1ccc(COc2c(Cl)c(Cl)c(Cl)c(Cl)c2Cl)o1)c1ccc(O)cc1. The predicted molar refractivity (Wildman–Crippen MR) is 116 cm³/mol. The molecule has 3 rings (SSSR count). The second kappa shape index (κ2) is 9.33. The maximum absolute atomic E-state index is 12.1. The summed E-state index contributed by atoms with van der Waals surface area (Å²) in [5.41, 5.74) is 0.440. The lowest BCUT2D eigenvalue weighted by Gasteiger charge is -2.12. The van der Waals surface area contributed by atoms with E-state index in [0.29, 0.717) is 17.1 Å². The van der Waals surface area contributed by atoms with Gasteiger partial charge in [-0.3, -0.25) is 4.79 Å². The van der Waals surface area contributed by atoms with E-state index in [-0.39, 0.29) is 49.0 Å². The molecule has 150 valence electrons. The van der Waals surface area contributed by atoms with Gasteiger partial charge in [0, 0.05) is 5.56 Å². The third-order valence-electron chi connectivity index (χ3n) is 3.76. The normalized spacial score (nSPS) is 11.2. The Morgan fingerprint density at radius 1 is 0.897 bits per heavy atom. The number of ether oxygens (including phenoxy) is 1. The van der Waals surface area contributed by atoms with Gasteiger partial charge in [0.25, 0.3) is 0 Å². The summed E-state index contributed by atoms with van der Waals surface area (Å²) < 4.78 is 11.2. The third-order valence-corrected chi connectivity index (χ3v) is 6.00. The Bertz CT molecular complexity index is 1060. The van der Waals surface area contributed by atoms with Crippen LogP contribution in [0.1, 0.15) is 21.9 Å². The number of carbonyl (C=O) groups is 1. The number of rotatable bonds is 6. The van der Waals surface area contributed by atoms with Crippen molar-refractivity contribution in [3.63, 3.8) is 0 Å². The second-order valence-electron chi connectivity index (χ2n) is 5.74. The van der Waals surface area contributed by atoms with Crippen LogP contribution in [-0.4, -0.2) is 10.9 Å². The summed E-state index contributed by atoms with van der Waals surface area (Å²) in [6, 6.07) is 9.28. The fourth-order valence-electron chi connectivity index (χ4n) is 2.30. The number of aromatic hydroxyl groups is 1. The van der Waals surface area contributed by atoms with Gasteiger partial charge in [0.05, 0.1) is 15.1 Å². The Morgan fingerprint density at radius 3 is 2.10 bits per heavy atom. The van der Waals surface area contributed by atoms with Crippen molar-refractivity contribution in [2.45, 2.75) is 6.61 Å². The molecule has 3 aromatic rings. The molecule has 29 heavy (non-hydrogen) atoms. The number of benzene rings is 2. The molecule has 0 unspecified atom stereocenters. The van der Waals surface area contributed by atoms with E-state index in [9.17, 15) is 9.90 Å². The molecular weight excluding hydrogens is 481 g/mol. The molecule has 0 aliphatic rings. The molecule has 0 fully saturated rings. The van der Waals surface area contributed by atoms with Crippen LogP contribution in [0, 0.1) is 0 Å². The molecule has 0 aliphatic heterocycles. The Labute approximate surface area is 191 Å². The molecule has 0 aliphatic carbocycles. The molecule has 1 heterocycles. The maximum atomic E-state index is 12.1. The summed E-state index contributed by atoms with van der Waals surface area (Å²) in [6.07, 6.45) is 2.89. The lowest BCUT2D eigenvalue weighted by molar-refractivity contribution is 0.104. The Balaban J connectivity index is 1.68. The largest absolute Gasteiger partial charge is 0.508 e. The number of halogens is 5. The van der Waals surface area contributed by atoms with E-state index >= 15 is 0 Å². The average molecular weight is 493 g/mol. The molecule has 0 bridgehead atoms. The zero-order valence-corrected chi connectivity index (χ0v) is 18.2. The molecule has 9 heteroatoms. The first-order chi connectivity index (χ1) is 13.8. The van der Waals surface area contributed by atoms with Crippen molar-refractivity contribution in [1.82, 2.24) is 0 Å². The predicted octanol–water partition coefficient (Wildman–Crippen LogP) is 7.73. The quantitative estimate of drug-likeness (QED) is 0.166. The fourth-order valence-corrected chi connectivity index (χ4v) is 3.53. The van der Waals surface area contributed by atoms with Gasteiger partial charge in [-0.1, -0.05) is 58.0 Å². The molecule has 1 aromatic heterocycles. The highest BCUT2D eigenvalue weighted by Crippen LogP contribution is 2.48. The van der Waals surface area contributed by atoms with Gasteiger partial charge in [0.2, 0.25) is 0 Å². The Hall–Kier alpha value is -1.82. The minimum Gasteiger partial charge on any atom is -0.508 e. The zero-order chi connectivity index (χ0) is 21.1. The molecule has 0 saturated heterocycles. The van der Waals surface area contributed by atoms with Crippen molar-refractivity contribution >= 4 is 69.9 Å². The molecule has 0 spiro atoms. The lowest BCUT2D eigenvalue weighted by Crippen LogP contribution is -1.96. The van der Waals surface area contributed by atoms with E-state index in [4.69, 9.17) is 67.2 Å². The molecule has 1 N–H and O–H groups in total. The van der Waals surface area contributed by atoms with E-state index in [1.54, 1.807) is 12.1 Å². The lowest BCUT2D eigenvalue weighted by atomic mass is 10.1. The molecule has 4 nitrogen and oxygen atoms in total. The highest BCUT2D eigenvalue weighted by molar-refractivity contribution is 6.55. The minimum atomic E-state index is -0.233. The number of allylic oxidation sites excluding steroid dienone is 1. The third kappa shape index (κ3) is 5.03. The van der Waals surface area contributed by atoms with Crippen molar-refractivity contribution in [3.8, 4) is 11.5 Å². The molecule has 0 radical (unpaired) electrons. The molecule has 0 amide bonds. The summed E-state index contributed by atoms with van der Waals surface area (Å²) in [5.74, 6) is 0.841. The van der Waals surface area contributed by atoms with Crippen LogP contribution in [-0.2, 0) is 6.61 Å². The molecule has 0 atom stereocenters. The molecule has 2 aromatic carbocycles. The number of furan rings is 1. The summed E-state index contributed by atoms with van der Waals surface area (Å²) in [5, 5.41) is 9.46. The number of hydrogen-bond donors (Lipinski definition) is 1. The van der Waals surface area contributed by atoms with E-state index in [0.717, 1.165) is 0 Å². The summed E-state index contributed by atoms with van der Waals surface area (Å²) >= 11 is 30.2. The van der Waals surface area contributed by atoms with E-state index < -0.39 is 0 Å². The van der Waals surface area contributed by atoms with E-state index in [1.165, 1.54) is 36.4 Å². The van der Waals surface area contributed by atoms with Crippen molar-refractivity contribution in [2.75, 3.05) is 0 Å². The Morgan fingerprint density at radius 2 is 1.48 bits per heavy atom. The highest BCUT2D eigenvalue weighted by Gasteiger charge is 2.21. The van der Waals surface area contributed by atoms with Crippen LogP contribution >= 0.6 is 58.0 Å². The number of hydrogen-bond acceptors (Lipinski definition) is 4. The molecule has 0 saturated carbocycles. The van der Waals surface area contributed by atoms with Crippen molar-refractivity contribution in [2.24, 2.45) is 0 Å². The van der Waals surface area contributed by atoms with Crippen LogP contribution in [0.5, 0.6) is 11.5 Å². The summed E-state index contributed by atoms with van der Waals surface area (Å²) in [4.78, 5) is 12.1. The van der Waals surface area contributed by atoms with Crippen LogP contribution in [0.15, 0.2) is 46.9 Å². The standard InChI is InChI=1S/C20H11Cl5O4/c21-15-16(22)18(24)20(19(25)17(15)23)28-9-13-6-5-12(29-13)7-8-14(27)10-1-3-11(26)4-2-10/h1-8,26H,9H2/b8-7+. The maximum Gasteiger partial charge on any atom is 0.185 e. The number of phenolic OH excluding ortho intramolecular Hbond substituents is 1. The summed E-state index contributed by atoms with van der Waals surface area (Å²) in [7, 11) is 0. The number of carbonyl (C=O) groups excluding carboxylic acids is 1. The van der Waals surface area contributed by atoms with Crippen LogP contribution in [0.25, 0.3) is 6.08 Å². The fraction of sp³-hybridized carbons (Fsp3) is 0.0500. The van der Waals surface area contributed by atoms with Gasteiger partial charge in [-0.15, -0.1) is 0 Å². The van der Waals surface area contributed by atoms with Gasteiger partial charge < -0.3 is 14.3 Å². The van der Waals surface area contributed by atoms with Crippen molar-refractivity contribution in [3.05, 3.63) is 84.7 Å². The Kier molecular flexibility index (Phi) is 7.04.